The SMILES string of the molecule is NC(=O)NN=Cc1ccc(C(F)(F)F)c(F)c1F. The van der Waals surface area contributed by atoms with Crippen LogP contribution >= 0.6 is 0 Å². The number of hydrogen-bond acceptors (Lipinski definition) is 2. The van der Waals surface area contributed by atoms with E-state index in [1.165, 1.54) is 0 Å². The number of rotatable bonds is 2. The van der Waals surface area contributed by atoms with Crippen LogP contribution < -0.4 is 11.2 Å². The highest BCUT2D eigenvalue weighted by Crippen LogP contribution is 2.32. The quantitative estimate of drug-likeness (QED) is 0.480. The van der Waals surface area contributed by atoms with Crippen LogP contribution in [0.25, 0.3) is 0 Å². The molecule has 0 heterocycles. The number of hydrazone groups is 1. The molecule has 3 N–H and O–H groups in total. The lowest BCUT2D eigenvalue weighted by atomic mass is 10.1. The summed E-state index contributed by atoms with van der Waals surface area (Å²) >= 11 is 0. The number of halogens is 5. The molecule has 4 nitrogen and oxygen atoms in total. The molecule has 0 saturated heterocycles. The van der Waals surface area contributed by atoms with Crippen molar-refractivity contribution in [1.82, 2.24) is 5.43 Å². The second kappa shape index (κ2) is 4.98. The lowest BCUT2D eigenvalue weighted by Crippen LogP contribution is -2.24. The minimum Gasteiger partial charge on any atom is -0.350 e. The Morgan fingerprint density at radius 1 is 1.28 bits per heavy atom. The van der Waals surface area contributed by atoms with Crippen LogP contribution in [-0.4, -0.2) is 12.2 Å². The van der Waals surface area contributed by atoms with Crippen molar-refractivity contribution in [1.29, 1.82) is 0 Å². The van der Waals surface area contributed by atoms with E-state index in [9.17, 15) is 26.7 Å². The molecule has 1 aromatic carbocycles. The molecule has 1 aromatic rings. The summed E-state index contributed by atoms with van der Waals surface area (Å²) in [5, 5.41) is 3.10. The molecule has 0 saturated carbocycles. The number of alkyl halides is 3. The van der Waals surface area contributed by atoms with Gasteiger partial charge in [-0.25, -0.2) is 19.0 Å². The minimum atomic E-state index is -4.99. The summed E-state index contributed by atoms with van der Waals surface area (Å²) in [5.74, 6) is -3.76. The van der Waals surface area contributed by atoms with Gasteiger partial charge in [0, 0.05) is 5.56 Å². The van der Waals surface area contributed by atoms with Gasteiger partial charge in [0.05, 0.1) is 11.8 Å². The zero-order chi connectivity index (χ0) is 13.9. The number of primary amides is 1. The molecule has 2 amide bonds. The molecule has 0 unspecified atom stereocenters. The summed E-state index contributed by atoms with van der Waals surface area (Å²) in [6.45, 7) is 0. The zero-order valence-corrected chi connectivity index (χ0v) is 8.55. The number of nitrogens with two attached hydrogens (primary N) is 1. The van der Waals surface area contributed by atoms with Crippen LogP contribution in [0.4, 0.5) is 26.7 Å². The first-order valence-corrected chi connectivity index (χ1v) is 4.37. The van der Waals surface area contributed by atoms with Gasteiger partial charge in [0.2, 0.25) is 0 Å². The van der Waals surface area contributed by atoms with Crippen LogP contribution in [0.5, 0.6) is 0 Å². The topological polar surface area (TPSA) is 67.5 Å². The van der Waals surface area contributed by atoms with Crippen molar-refractivity contribution in [3.8, 4) is 0 Å². The summed E-state index contributed by atoms with van der Waals surface area (Å²) in [7, 11) is 0. The Labute approximate surface area is 97.3 Å². The molecule has 98 valence electrons. The van der Waals surface area contributed by atoms with Crippen LogP contribution in [0.15, 0.2) is 17.2 Å². The number of nitrogens with zero attached hydrogens (tertiary/aromatic N) is 1. The Morgan fingerprint density at radius 2 is 1.89 bits per heavy atom. The lowest BCUT2D eigenvalue weighted by molar-refractivity contribution is -0.140. The molecule has 0 aliphatic heterocycles. The van der Waals surface area contributed by atoms with Crippen molar-refractivity contribution in [3.05, 3.63) is 34.9 Å². The smallest absolute Gasteiger partial charge is 0.350 e. The maximum Gasteiger partial charge on any atom is 0.419 e. The number of carbonyl (C=O) groups is 1. The van der Waals surface area contributed by atoms with Gasteiger partial charge in [-0.3, -0.25) is 0 Å². The molecule has 0 aromatic heterocycles. The van der Waals surface area contributed by atoms with Gasteiger partial charge in [-0.2, -0.15) is 18.3 Å². The van der Waals surface area contributed by atoms with Gasteiger partial charge in [0.15, 0.2) is 11.6 Å². The van der Waals surface area contributed by atoms with Crippen LogP contribution in [0.1, 0.15) is 11.1 Å². The van der Waals surface area contributed by atoms with Crippen LogP contribution in [0.2, 0.25) is 0 Å². The average molecular weight is 267 g/mol. The van der Waals surface area contributed by atoms with Gasteiger partial charge in [-0.05, 0) is 12.1 Å². The average Bonchev–Trinajstić information content (AvgIpc) is 2.22. The summed E-state index contributed by atoms with van der Waals surface area (Å²) in [6.07, 6.45) is -4.37. The molecule has 0 aliphatic rings. The van der Waals surface area contributed by atoms with E-state index in [0.717, 1.165) is 0 Å². The first-order chi connectivity index (χ1) is 8.23. The van der Waals surface area contributed by atoms with E-state index < -0.39 is 35.0 Å². The molecule has 18 heavy (non-hydrogen) atoms. The Kier molecular flexibility index (Phi) is 3.84. The molecular weight excluding hydrogens is 261 g/mol. The summed E-state index contributed by atoms with van der Waals surface area (Å²) in [4.78, 5) is 10.2. The zero-order valence-electron chi connectivity index (χ0n) is 8.55. The monoisotopic (exact) mass is 267 g/mol. The van der Waals surface area contributed by atoms with E-state index in [-0.39, 0.29) is 0 Å². The number of urea groups is 1. The van der Waals surface area contributed by atoms with Crippen LogP contribution in [-0.2, 0) is 6.18 Å². The third kappa shape index (κ3) is 3.15. The van der Waals surface area contributed by atoms with E-state index in [2.05, 4.69) is 10.8 Å². The van der Waals surface area contributed by atoms with Gasteiger partial charge in [-0.1, -0.05) is 0 Å². The maximum absolute atomic E-state index is 13.2. The van der Waals surface area contributed by atoms with Crippen LogP contribution in [0.3, 0.4) is 0 Å². The second-order valence-corrected chi connectivity index (χ2v) is 3.06. The Bertz CT molecular complexity index is 498. The number of nitrogens with one attached hydrogen (secondary N) is 1. The first kappa shape index (κ1) is 13.9. The highest BCUT2D eigenvalue weighted by Gasteiger charge is 2.35. The Hall–Kier alpha value is -2.19. The fourth-order valence-corrected chi connectivity index (χ4v) is 1.05. The van der Waals surface area contributed by atoms with E-state index in [1.807, 2.05) is 0 Å². The van der Waals surface area contributed by atoms with Crippen molar-refractivity contribution in [2.24, 2.45) is 10.8 Å². The molecule has 0 radical (unpaired) electrons. The molecule has 0 bridgehead atoms. The fraction of sp³-hybridized carbons (Fsp3) is 0.111. The normalized spacial score (nSPS) is 11.8. The van der Waals surface area contributed by atoms with Crippen LogP contribution in [0, 0.1) is 11.6 Å². The van der Waals surface area contributed by atoms with Gasteiger partial charge in [0.1, 0.15) is 0 Å². The van der Waals surface area contributed by atoms with Crippen molar-refractivity contribution in [2.45, 2.75) is 6.18 Å². The molecule has 9 heteroatoms. The fourth-order valence-electron chi connectivity index (χ4n) is 1.05. The molecule has 0 spiro atoms. The minimum absolute atomic E-state index is 0.365. The number of amides is 2. The maximum atomic E-state index is 13.2. The van der Waals surface area contributed by atoms with E-state index in [4.69, 9.17) is 0 Å². The standard InChI is InChI=1S/C9H6F5N3O/c10-6-4(3-16-17-8(15)18)1-2-5(7(6)11)9(12,13)14/h1-3H,(H3,15,17,18). The lowest BCUT2D eigenvalue weighted by Gasteiger charge is -2.09. The molecular formula is C9H6F5N3O. The van der Waals surface area contributed by atoms with Crippen molar-refractivity contribution < 1.29 is 26.7 Å². The molecule has 1 rings (SSSR count). The number of benzene rings is 1. The van der Waals surface area contributed by atoms with E-state index in [1.54, 1.807) is 5.43 Å². The predicted octanol–water partition coefficient (Wildman–Crippen LogP) is 1.99. The second-order valence-electron chi connectivity index (χ2n) is 3.06. The Balaban J connectivity index is 3.09. The molecule has 0 fully saturated rings. The van der Waals surface area contributed by atoms with Gasteiger partial charge < -0.3 is 5.73 Å². The van der Waals surface area contributed by atoms with Gasteiger partial charge in [0.25, 0.3) is 0 Å². The van der Waals surface area contributed by atoms with Crippen molar-refractivity contribution >= 4 is 12.2 Å². The highest BCUT2D eigenvalue weighted by atomic mass is 19.4. The first-order valence-electron chi connectivity index (χ1n) is 4.37. The highest BCUT2D eigenvalue weighted by molar-refractivity contribution is 5.81. The van der Waals surface area contributed by atoms with E-state index >= 15 is 0 Å². The van der Waals surface area contributed by atoms with Gasteiger partial charge >= 0.3 is 12.2 Å². The third-order valence-electron chi connectivity index (χ3n) is 1.80. The Morgan fingerprint density at radius 3 is 2.39 bits per heavy atom. The summed E-state index contributed by atoms with van der Waals surface area (Å²) in [5.41, 5.74) is 4.02. The molecule has 0 aliphatic carbocycles. The summed E-state index contributed by atoms with van der Waals surface area (Å²) in [6, 6.07) is -0.0173. The number of carbonyl (C=O) groups excluding carboxylic acids is 1. The van der Waals surface area contributed by atoms with E-state index in [0.29, 0.717) is 18.3 Å². The van der Waals surface area contributed by atoms with Crippen molar-refractivity contribution in [2.75, 3.05) is 0 Å². The summed E-state index contributed by atoms with van der Waals surface area (Å²) < 4.78 is 62.9. The van der Waals surface area contributed by atoms with Gasteiger partial charge in [-0.15, -0.1) is 0 Å². The predicted molar refractivity (Wildman–Crippen MR) is 51.7 cm³/mol. The largest absolute Gasteiger partial charge is 0.419 e. The third-order valence-corrected chi connectivity index (χ3v) is 1.80. The van der Waals surface area contributed by atoms with Crippen molar-refractivity contribution in [3.63, 3.8) is 0 Å². The molecule has 0 atom stereocenters. The number of hydrogen-bond donors (Lipinski definition) is 2.